The highest BCUT2D eigenvalue weighted by molar-refractivity contribution is 7.89. The maximum atomic E-state index is 13.5. The van der Waals surface area contributed by atoms with Gasteiger partial charge in [0.25, 0.3) is 5.91 Å². The fourth-order valence-electron chi connectivity index (χ4n) is 2.82. The standard InChI is InChI=1S/C19H19FN2O5S/c20-16-8-1-2-9-17(16)21-18(23)13-27-19(24)14-6-5-7-15(12-14)28(25,26)22-10-3-4-11-22/h1-2,5-9,12H,3-4,10-11,13H2,(H,21,23). The minimum atomic E-state index is -3.67. The summed E-state index contributed by atoms with van der Waals surface area (Å²) in [5.74, 6) is -2.16. The number of nitrogens with one attached hydrogen (secondary N) is 1. The molecule has 1 saturated heterocycles. The second-order valence-electron chi connectivity index (χ2n) is 6.24. The predicted molar refractivity (Wildman–Crippen MR) is 99.7 cm³/mol. The third-order valence-electron chi connectivity index (χ3n) is 4.25. The molecule has 1 fully saturated rings. The average Bonchev–Trinajstić information content (AvgIpc) is 3.24. The Hall–Kier alpha value is -2.78. The lowest BCUT2D eigenvalue weighted by Gasteiger charge is -2.15. The van der Waals surface area contributed by atoms with Crippen LogP contribution in [-0.2, 0) is 19.6 Å². The van der Waals surface area contributed by atoms with Crippen LogP contribution in [0, 0.1) is 5.82 Å². The first kappa shape index (κ1) is 20.0. The van der Waals surface area contributed by atoms with Crippen molar-refractivity contribution in [3.8, 4) is 0 Å². The zero-order valence-electron chi connectivity index (χ0n) is 14.9. The topological polar surface area (TPSA) is 92.8 Å². The van der Waals surface area contributed by atoms with Crippen molar-refractivity contribution in [3.63, 3.8) is 0 Å². The Labute approximate surface area is 162 Å². The van der Waals surface area contributed by atoms with Crippen molar-refractivity contribution in [2.45, 2.75) is 17.7 Å². The first-order valence-electron chi connectivity index (χ1n) is 8.69. The molecule has 1 N–H and O–H groups in total. The smallest absolute Gasteiger partial charge is 0.338 e. The Bertz CT molecular complexity index is 987. The van der Waals surface area contributed by atoms with Crippen LogP contribution in [0.1, 0.15) is 23.2 Å². The molecule has 148 valence electrons. The maximum absolute atomic E-state index is 13.5. The minimum Gasteiger partial charge on any atom is -0.452 e. The van der Waals surface area contributed by atoms with E-state index in [2.05, 4.69) is 5.32 Å². The van der Waals surface area contributed by atoms with Gasteiger partial charge in [-0.3, -0.25) is 4.79 Å². The number of ether oxygens (including phenoxy) is 1. The van der Waals surface area contributed by atoms with Gasteiger partial charge >= 0.3 is 5.97 Å². The fraction of sp³-hybridized carbons (Fsp3) is 0.263. The fourth-order valence-corrected chi connectivity index (χ4v) is 4.39. The van der Waals surface area contributed by atoms with Crippen LogP contribution in [0.15, 0.2) is 53.4 Å². The van der Waals surface area contributed by atoms with Gasteiger partial charge in [-0.25, -0.2) is 17.6 Å². The summed E-state index contributed by atoms with van der Waals surface area (Å²) in [5.41, 5.74) is -0.0128. The van der Waals surface area contributed by atoms with Crippen LogP contribution in [0.2, 0.25) is 0 Å². The van der Waals surface area contributed by atoms with Crippen LogP contribution in [-0.4, -0.2) is 44.3 Å². The van der Waals surface area contributed by atoms with Crippen LogP contribution in [0.4, 0.5) is 10.1 Å². The molecule has 0 unspecified atom stereocenters. The van der Waals surface area contributed by atoms with Gasteiger partial charge in [0.15, 0.2) is 6.61 Å². The molecular weight excluding hydrogens is 387 g/mol. The predicted octanol–water partition coefficient (Wildman–Crippen LogP) is 2.41. The summed E-state index contributed by atoms with van der Waals surface area (Å²) in [6.07, 6.45) is 1.61. The highest BCUT2D eigenvalue weighted by Crippen LogP contribution is 2.22. The number of carbonyl (C=O) groups is 2. The largest absolute Gasteiger partial charge is 0.452 e. The molecule has 0 aromatic heterocycles. The van der Waals surface area contributed by atoms with Crippen molar-refractivity contribution in [2.75, 3.05) is 25.0 Å². The number of benzene rings is 2. The molecule has 2 aromatic rings. The molecule has 0 saturated carbocycles. The Morgan fingerprint density at radius 1 is 1.07 bits per heavy atom. The second-order valence-corrected chi connectivity index (χ2v) is 8.18. The number of halogens is 1. The van der Waals surface area contributed by atoms with E-state index in [0.29, 0.717) is 13.1 Å². The summed E-state index contributed by atoms with van der Waals surface area (Å²) in [6.45, 7) is 0.275. The van der Waals surface area contributed by atoms with E-state index in [1.165, 1.54) is 46.8 Å². The van der Waals surface area contributed by atoms with Gasteiger partial charge < -0.3 is 10.1 Å². The van der Waals surface area contributed by atoms with Crippen LogP contribution in [0.5, 0.6) is 0 Å². The average molecular weight is 406 g/mol. The SMILES string of the molecule is O=C(COC(=O)c1cccc(S(=O)(=O)N2CCCC2)c1)Nc1ccccc1F. The summed E-state index contributed by atoms with van der Waals surface area (Å²) in [4.78, 5) is 24.0. The van der Waals surface area contributed by atoms with E-state index in [1.54, 1.807) is 6.07 Å². The Balaban J connectivity index is 1.63. The van der Waals surface area contributed by atoms with E-state index in [9.17, 15) is 22.4 Å². The summed E-state index contributed by atoms with van der Waals surface area (Å²) < 4.78 is 45.0. The van der Waals surface area contributed by atoms with E-state index >= 15 is 0 Å². The molecule has 1 amide bonds. The molecule has 0 atom stereocenters. The maximum Gasteiger partial charge on any atom is 0.338 e. The third-order valence-corrected chi connectivity index (χ3v) is 6.15. The molecular formula is C19H19FN2O5S. The zero-order valence-corrected chi connectivity index (χ0v) is 15.7. The van der Waals surface area contributed by atoms with Crippen LogP contribution >= 0.6 is 0 Å². The number of nitrogens with zero attached hydrogens (tertiary/aromatic N) is 1. The molecule has 0 bridgehead atoms. The van der Waals surface area contributed by atoms with Crippen molar-refractivity contribution in [1.29, 1.82) is 0 Å². The number of anilines is 1. The van der Waals surface area contributed by atoms with Crippen LogP contribution < -0.4 is 5.32 Å². The number of hydrogen-bond donors (Lipinski definition) is 1. The van der Waals surface area contributed by atoms with E-state index in [0.717, 1.165) is 12.8 Å². The number of para-hydroxylation sites is 1. The van der Waals surface area contributed by atoms with Crippen LogP contribution in [0.3, 0.4) is 0 Å². The number of esters is 1. The molecule has 0 aliphatic carbocycles. The second kappa shape index (κ2) is 8.49. The number of hydrogen-bond acceptors (Lipinski definition) is 5. The van der Waals surface area contributed by atoms with E-state index in [4.69, 9.17) is 4.74 Å². The number of sulfonamides is 1. The van der Waals surface area contributed by atoms with Gasteiger partial charge in [0, 0.05) is 13.1 Å². The van der Waals surface area contributed by atoms with Gasteiger partial charge in [0.05, 0.1) is 16.1 Å². The van der Waals surface area contributed by atoms with Crippen molar-refractivity contribution in [2.24, 2.45) is 0 Å². The molecule has 0 spiro atoms. The van der Waals surface area contributed by atoms with Crippen molar-refractivity contribution >= 4 is 27.6 Å². The lowest BCUT2D eigenvalue weighted by Crippen LogP contribution is -2.28. The lowest BCUT2D eigenvalue weighted by atomic mass is 10.2. The molecule has 1 aliphatic rings. The molecule has 3 rings (SSSR count). The number of rotatable bonds is 6. The molecule has 9 heteroatoms. The van der Waals surface area contributed by atoms with Gasteiger partial charge in [-0.05, 0) is 43.2 Å². The first-order chi connectivity index (χ1) is 13.4. The van der Waals surface area contributed by atoms with Gasteiger partial charge in [-0.1, -0.05) is 18.2 Å². The summed E-state index contributed by atoms with van der Waals surface area (Å²) in [7, 11) is -3.67. The minimum absolute atomic E-state index is 0.000317. The molecule has 1 heterocycles. The highest BCUT2D eigenvalue weighted by atomic mass is 32.2. The molecule has 7 nitrogen and oxygen atoms in total. The number of carbonyl (C=O) groups excluding carboxylic acids is 2. The summed E-state index contributed by atoms with van der Waals surface area (Å²) >= 11 is 0. The Morgan fingerprint density at radius 2 is 1.79 bits per heavy atom. The van der Waals surface area contributed by atoms with E-state index < -0.39 is 34.3 Å². The van der Waals surface area contributed by atoms with Gasteiger partial charge in [0.2, 0.25) is 10.0 Å². The van der Waals surface area contributed by atoms with E-state index in [-0.39, 0.29) is 16.1 Å². The third kappa shape index (κ3) is 4.55. The van der Waals surface area contributed by atoms with Crippen molar-refractivity contribution in [3.05, 3.63) is 59.9 Å². The van der Waals surface area contributed by atoms with Gasteiger partial charge in [-0.2, -0.15) is 4.31 Å². The molecule has 0 radical (unpaired) electrons. The first-order valence-corrected chi connectivity index (χ1v) is 10.1. The Morgan fingerprint density at radius 3 is 2.50 bits per heavy atom. The summed E-state index contributed by atoms with van der Waals surface area (Å²) in [6, 6.07) is 11.1. The number of amides is 1. The van der Waals surface area contributed by atoms with Gasteiger partial charge in [-0.15, -0.1) is 0 Å². The molecule has 1 aliphatic heterocycles. The monoisotopic (exact) mass is 406 g/mol. The lowest BCUT2D eigenvalue weighted by molar-refractivity contribution is -0.119. The van der Waals surface area contributed by atoms with Gasteiger partial charge in [0.1, 0.15) is 5.82 Å². The van der Waals surface area contributed by atoms with Crippen molar-refractivity contribution < 1.29 is 27.1 Å². The van der Waals surface area contributed by atoms with Crippen molar-refractivity contribution in [1.82, 2.24) is 4.31 Å². The molecule has 28 heavy (non-hydrogen) atoms. The highest BCUT2D eigenvalue weighted by Gasteiger charge is 2.27. The van der Waals surface area contributed by atoms with Crippen LogP contribution in [0.25, 0.3) is 0 Å². The normalized spacial score (nSPS) is 14.6. The molecule has 2 aromatic carbocycles. The van der Waals surface area contributed by atoms with E-state index in [1.807, 2.05) is 0 Å². The zero-order chi connectivity index (χ0) is 20.1. The Kier molecular flexibility index (Phi) is 6.05. The quantitative estimate of drug-likeness (QED) is 0.744. The summed E-state index contributed by atoms with van der Waals surface area (Å²) in [5, 5.41) is 2.30.